The van der Waals surface area contributed by atoms with E-state index in [1.54, 1.807) is 18.3 Å². The number of nitrogens with one attached hydrogen (secondary N) is 1. The number of benzene rings is 2. The molecule has 138 valence electrons. The first kappa shape index (κ1) is 18.6. The van der Waals surface area contributed by atoms with Gasteiger partial charge in [0.25, 0.3) is 0 Å². The molecule has 0 unspecified atom stereocenters. The van der Waals surface area contributed by atoms with Gasteiger partial charge in [-0.25, -0.2) is 9.18 Å². The Morgan fingerprint density at radius 3 is 2.48 bits per heavy atom. The third-order valence-corrected chi connectivity index (χ3v) is 4.25. The summed E-state index contributed by atoms with van der Waals surface area (Å²) < 4.78 is 18.4. The maximum atomic E-state index is 13.1. The molecule has 27 heavy (non-hydrogen) atoms. The molecule has 0 spiro atoms. The monoisotopic (exact) mass is 364 g/mol. The fourth-order valence-corrected chi connectivity index (χ4v) is 2.68. The maximum absolute atomic E-state index is 13.1. The number of alkyl carbamates (subject to hydrolysis) is 1. The van der Waals surface area contributed by atoms with Gasteiger partial charge in [0, 0.05) is 11.8 Å². The number of aromatic nitrogens is 1. The number of nitrogens with zero attached hydrogens (tertiary/aromatic N) is 1. The molecule has 0 fully saturated rings. The van der Waals surface area contributed by atoms with Crippen LogP contribution in [0.3, 0.4) is 0 Å². The lowest BCUT2D eigenvalue weighted by Crippen LogP contribution is -2.41. The first-order valence-corrected chi connectivity index (χ1v) is 8.65. The molecule has 0 radical (unpaired) electrons. The highest BCUT2D eigenvalue weighted by Gasteiger charge is 2.24. The molecule has 1 heterocycles. The Morgan fingerprint density at radius 1 is 1.07 bits per heavy atom. The van der Waals surface area contributed by atoms with Gasteiger partial charge in [0.05, 0.1) is 11.2 Å². The number of pyridine rings is 1. The molecule has 4 nitrogen and oxygen atoms in total. The zero-order valence-corrected chi connectivity index (χ0v) is 15.3. The largest absolute Gasteiger partial charge is 0.445 e. The van der Waals surface area contributed by atoms with Crippen LogP contribution in [0.4, 0.5) is 9.18 Å². The van der Waals surface area contributed by atoms with Crippen LogP contribution in [0, 0.1) is 5.82 Å². The molecule has 1 amide bonds. The molecule has 3 aromatic rings. The van der Waals surface area contributed by atoms with Gasteiger partial charge in [-0.15, -0.1) is 0 Å². The molecule has 0 saturated heterocycles. The van der Waals surface area contributed by atoms with Crippen LogP contribution in [-0.4, -0.2) is 11.1 Å². The van der Waals surface area contributed by atoms with Crippen molar-refractivity contribution >= 4 is 6.09 Å². The fourth-order valence-electron chi connectivity index (χ4n) is 2.68. The van der Waals surface area contributed by atoms with E-state index in [0.717, 1.165) is 16.7 Å². The molecule has 0 saturated carbocycles. The first-order valence-electron chi connectivity index (χ1n) is 8.65. The topological polar surface area (TPSA) is 51.2 Å². The van der Waals surface area contributed by atoms with Gasteiger partial charge in [-0.3, -0.25) is 4.98 Å². The van der Waals surface area contributed by atoms with Crippen LogP contribution in [0.15, 0.2) is 72.9 Å². The van der Waals surface area contributed by atoms with E-state index >= 15 is 0 Å². The van der Waals surface area contributed by atoms with E-state index < -0.39 is 11.6 Å². The lowest BCUT2D eigenvalue weighted by Gasteiger charge is -2.26. The average molecular weight is 364 g/mol. The van der Waals surface area contributed by atoms with E-state index in [2.05, 4.69) is 10.3 Å². The Bertz CT molecular complexity index is 909. The number of carbonyl (C=O) groups is 1. The van der Waals surface area contributed by atoms with Crippen molar-refractivity contribution < 1.29 is 13.9 Å². The van der Waals surface area contributed by atoms with Crippen molar-refractivity contribution in [3.63, 3.8) is 0 Å². The number of hydrogen-bond acceptors (Lipinski definition) is 3. The van der Waals surface area contributed by atoms with Crippen LogP contribution in [-0.2, 0) is 16.9 Å². The van der Waals surface area contributed by atoms with E-state index in [1.807, 2.05) is 56.3 Å². The summed E-state index contributed by atoms with van der Waals surface area (Å²) in [6.45, 7) is 3.99. The molecule has 0 bridgehead atoms. The molecular formula is C22H21FN2O2. The zero-order chi connectivity index (χ0) is 19.3. The van der Waals surface area contributed by atoms with Crippen LogP contribution in [0.5, 0.6) is 0 Å². The van der Waals surface area contributed by atoms with E-state index in [0.29, 0.717) is 5.69 Å². The highest BCUT2D eigenvalue weighted by Crippen LogP contribution is 2.25. The summed E-state index contributed by atoms with van der Waals surface area (Å²) >= 11 is 0. The minimum atomic E-state index is -0.661. The normalized spacial score (nSPS) is 11.1. The Labute approximate surface area is 158 Å². The standard InChI is InChI=1S/C22H21FN2O2/c1-22(2,25-21(26)27-15-16-6-4-3-5-7-16)18-12-13-24-20(14-18)17-8-10-19(23)11-9-17/h3-14H,15H2,1-2H3,(H,25,26). The predicted molar refractivity (Wildman–Crippen MR) is 102 cm³/mol. The van der Waals surface area contributed by atoms with Crippen molar-refractivity contribution in [3.8, 4) is 11.3 Å². The molecule has 0 atom stereocenters. The van der Waals surface area contributed by atoms with Crippen LogP contribution in [0.25, 0.3) is 11.3 Å². The number of halogens is 1. The smallest absolute Gasteiger partial charge is 0.408 e. The van der Waals surface area contributed by atoms with Crippen molar-refractivity contribution in [2.45, 2.75) is 26.0 Å². The number of ether oxygens (including phenoxy) is 1. The number of hydrogen-bond donors (Lipinski definition) is 1. The molecular weight excluding hydrogens is 343 g/mol. The molecule has 0 aliphatic carbocycles. The quantitative estimate of drug-likeness (QED) is 0.689. The summed E-state index contributed by atoms with van der Waals surface area (Å²) in [5.74, 6) is -0.293. The highest BCUT2D eigenvalue weighted by molar-refractivity contribution is 5.69. The Morgan fingerprint density at radius 2 is 1.78 bits per heavy atom. The van der Waals surface area contributed by atoms with Crippen molar-refractivity contribution in [1.29, 1.82) is 0 Å². The molecule has 1 N–H and O–H groups in total. The van der Waals surface area contributed by atoms with Crippen molar-refractivity contribution in [3.05, 3.63) is 89.9 Å². The van der Waals surface area contributed by atoms with Gasteiger partial charge in [0.2, 0.25) is 0 Å². The minimum absolute atomic E-state index is 0.208. The summed E-state index contributed by atoms with van der Waals surface area (Å²) in [7, 11) is 0. The Balaban J connectivity index is 1.69. The van der Waals surface area contributed by atoms with Gasteiger partial charge in [-0.2, -0.15) is 0 Å². The summed E-state index contributed by atoms with van der Waals surface area (Å²) in [6.07, 6.45) is 1.18. The number of carbonyl (C=O) groups excluding carboxylic acids is 1. The van der Waals surface area contributed by atoms with Crippen molar-refractivity contribution in [2.24, 2.45) is 0 Å². The lowest BCUT2D eigenvalue weighted by atomic mass is 9.94. The molecule has 1 aromatic heterocycles. The van der Waals surface area contributed by atoms with Gasteiger partial charge in [-0.1, -0.05) is 30.3 Å². The van der Waals surface area contributed by atoms with E-state index in [1.165, 1.54) is 12.1 Å². The fraction of sp³-hybridized carbons (Fsp3) is 0.182. The van der Waals surface area contributed by atoms with Crippen molar-refractivity contribution in [2.75, 3.05) is 0 Å². The molecule has 2 aromatic carbocycles. The summed E-state index contributed by atoms with van der Waals surface area (Å²) in [6, 6.07) is 19.4. The van der Waals surface area contributed by atoms with E-state index in [-0.39, 0.29) is 12.4 Å². The van der Waals surface area contributed by atoms with E-state index in [4.69, 9.17) is 4.74 Å². The lowest BCUT2D eigenvalue weighted by molar-refractivity contribution is 0.129. The van der Waals surface area contributed by atoms with Crippen molar-refractivity contribution in [1.82, 2.24) is 10.3 Å². The third-order valence-electron chi connectivity index (χ3n) is 4.25. The van der Waals surface area contributed by atoms with Crippen LogP contribution < -0.4 is 5.32 Å². The number of amides is 1. The second-order valence-electron chi connectivity index (χ2n) is 6.75. The molecule has 3 rings (SSSR count). The summed E-state index contributed by atoms with van der Waals surface area (Å²) in [5.41, 5.74) is 2.65. The minimum Gasteiger partial charge on any atom is -0.445 e. The van der Waals surface area contributed by atoms with Gasteiger partial charge < -0.3 is 10.1 Å². The molecule has 0 aliphatic heterocycles. The highest BCUT2D eigenvalue weighted by atomic mass is 19.1. The second kappa shape index (κ2) is 7.99. The Kier molecular flexibility index (Phi) is 5.50. The second-order valence-corrected chi connectivity index (χ2v) is 6.75. The van der Waals surface area contributed by atoms with Gasteiger partial charge in [0.1, 0.15) is 12.4 Å². The maximum Gasteiger partial charge on any atom is 0.408 e. The van der Waals surface area contributed by atoms with Crippen LogP contribution >= 0.6 is 0 Å². The van der Waals surface area contributed by atoms with Gasteiger partial charge >= 0.3 is 6.09 Å². The van der Waals surface area contributed by atoms with Gasteiger partial charge in [0.15, 0.2) is 0 Å². The first-order chi connectivity index (χ1) is 12.9. The zero-order valence-electron chi connectivity index (χ0n) is 15.3. The summed E-state index contributed by atoms with van der Waals surface area (Å²) in [5, 5.41) is 2.88. The van der Waals surface area contributed by atoms with Gasteiger partial charge in [-0.05, 0) is 61.4 Å². The third kappa shape index (κ3) is 4.91. The Hall–Kier alpha value is -3.21. The predicted octanol–water partition coefficient (Wildman–Crippen LogP) is 5.05. The van der Waals surface area contributed by atoms with E-state index in [9.17, 15) is 9.18 Å². The molecule has 0 aliphatic rings. The van der Waals surface area contributed by atoms with Crippen LogP contribution in [0.1, 0.15) is 25.0 Å². The summed E-state index contributed by atoms with van der Waals surface area (Å²) in [4.78, 5) is 16.5. The van der Waals surface area contributed by atoms with Crippen LogP contribution in [0.2, 0.25) is 0 Å². The average Bonchev–Trinajstić information content (AvgIpc) is 2.67. The SMILES string of the molecule is CC(C)(NC(=O)OCc1ccccc1)c1ccnc(-c2ccc(F)cc2)c1. The molecule has 5 heteroatoms. The number of rotatable bonds is 5.